The summed E-state index contributed by atoms with van der Waals surface area (Å²) in [5.41, 5.74) is -0.204. The standard InChI is InChI=1S/C14H11BrFN3O3/c1-6-17-10-5-9(16)8(15)4-7(10)14(22)19(6)11-2-3-12(20)18-13(11)21/h4-5,11H,2-3H2,1H3,(H,18,20,21). The summed E-state index contributed by atoms with van der Waals surface area (Å²) in [4.78, 5) is 40.1. The van der Waals surface area contributed by atoms with Crippen LogP contribution in [0.2, 0.25) is 0 Å². The molecule has 1 saturated heterocycles. The molecule has 2 heterocycles. The Morgan fingerprint density at radius 1 is 1.36 bits per heavy atom. The van der Waals surface area contributed by atoms with Gasteiger partial charge in [0.15, 0.2) is 0 Å². The molecule has 8 heteroatoms. The number of halogens is 2. The second-order valence-electron chi connectivity index (χ2n) is 5.08. The number of hydrogen-bond donors (Lipinski definition) is 1. The van der Waals surface area contributed by atoms with Crippen molar-refractivity contribution in [1.82, 2.24) is 14.9 Å². The molecule has 1 fully saturated rings. The monoisotopic (exact) mass is 367 g/mol. The second kappa shape index (κ2) is 5.28. The van der Waals surface area contributed by atoms with Gasteiger partial charge in [-0.2, -0.15) is 0 Å². The van der Waals surface area contributed by atoms with E-state index in [1.54, 1.807) is 6.92 Å². The van der Waals surface area contributed by atoms with Gasteiger partial charge in [0, 0.05) is 12.5 Å². The first-order valence-electron chi connectivity index (χ1n) is 6.60. The molecule has 2 amide bonds. The lowest BCUT2D eigenvalue weighted by Gasteiger charge is -2.24. The van der Waals surface area contributed by atoms with Gasteiger partial charge in [-0.1, -0.05) is 0 Å². The van der Waals surface area contributed by atoms with Gasteiger partial charge in [0.25, 0.3) is 5.56 Å². The van der Waals surface area contributed by atoms with Crippen LogP contribution in [0.5, 0.6) is 0 Å². The molecule has 1 aliphatic heterocycles. The number of carbonyl (C=O) groups excluding carboxylic acids is 2. The van der Waals surface area contributed by atoms with Crippen molar-refractivity contribution in [2.45, 2.75) is 25.8 Å². The van der Waals surface area contributed by atoms with Crippen LogP contribution in [-0.4, -0.2) is 21.4 Å². The summed E-state index contributed by atoms with van der Waals surface area (Å²) < 4.78 is 15.0. The van der Waals surface area contributed by atoms with Gasteiger partial charge < -0.3 is 0 Å². The Hall–Kier alpha value is -2.09. The first-order chi connectivity index (χ1) is 10.4. The fourth-order valence-electron chi connectivity index (χ4n) is 2.60. The lowest BCUT2D eigenvalue weighted by atomic mass is 10.1. The van der Waals surface area contributed by atoms with Crippen molar-refractivity contribution in [3.63, 3.8) is 0 Å². The van der Waals surface area contributed by atoms with E-state index in [2.05, 4.69) is 26.2 Å². The largest absolute Gasteiger partial charge is 0.295 e. The van der Waals surface area contributed by atoms with Crippen molar-refractivity contribution in [3.8, 4) is 0 Å². The summed E-state index contributed by atoms with van der Waals surface area (Å²) in [6, 6.07) is 1.73. The zero-order valence-electron chi connectivity index (χ0n) is 11.5. The summed E-state index contributed by atoms with van der Waals surface area (Å²) >= 11 is 3.03. The minimum absolute atomic E-state index is 0.151. The third kappa shape index (κ3) is 2.33. The highest BCUT2D eigenvalue weighted by Gasteiger charge is 2.30. The topological polar surface area (TPSA) is 81.1 Å². The number of rotatable bonds is 1. The normalized spacial score (nSPS) is 18.6. The molecule has 1 unspecified atom stereocenters. The summed E-state index contributed by atoms with van der Waals surface area (Å²) in [6.07, 6.45) is 0.397. The molecule has 1 N–H and O–H groups in total. The van der Waals surface area contributed by atoms with E-state index in [0.717, 1.165) is 0 Å². The van der Waals surface area contributed by atoms with Crippen LogP contribution >= 0.6 is 15.9 Å². The highest BCUT2D eigenvalue weighted by atomic mass is 79.9. The minimum atomic E-state index is -0.786. The molecule has 0 aliphatic carbocycles. The molecule has 0 radical (unpaired) electrons. The van der Waals surface area contributed by atoms with Gasteiger partial charge in [-0.3, -0.25) is 24.3 Å². The van der Waals surface area contributed by atoms with E-state index in [1.165, 1.54) is 16.7 Å². The Kier molecular flexibility index (Phi) is 3.56. The zero-order chi connectivity index (χ0) is 16.0. The van der Waals surface area contributed by atoms with Crippen LogP contribution in [0.4, 0.5) is 4.39 Å². The van der Waals surface area contributed by atoms with Crippen LogP contribution in [0.15, 0.2) is 21.4 Å². The zero-order valence-corrected chi connectivity index (χ0v) is 13.1. The van der Waals surface area contributed by atoms with Crippen LogP contribution in [0.1, 0.15) is 24.7 Å². The fourth-order valence-corrected chi connectivity index (χ4v) is 2.94. The molecule has 0 spiro atoms. The number of nitrogens with zero attached hydrogens (tertiary/aromatic N) is 2. The molecule has 0 saturated carbocycles. The van der Waals surface area contributed by atoms with E-state index in [1.807, 2.05) is 0 Å². The number of hydrogen-bond acceptors (Lipinski definition) is 4. The van der Waals surface area contributed by atoms with Crippen molar-refractivity contribution in [2.75, 3.05) is 0 Å². The van der Waals surface area contributed by atoms with E-state index in [4.69, 9.17) is 0 Å². The van der Waals surface area contributed by atoms with Crippen LogP contribution in [0, 0.1) is 12.7 Å². The van der Waals surface area contributed by atoms with Gasteiger partial charge in [-0.05, 0) is 35.3 Å². The molecule has 6 nitrogen and oxygen atoms in total. The van der Waals surface area contributed by atoms with Crippen molar-refractivity contribution in [3.05, 3.63) is 38.6 Å². The maximum absolute atomic E-state index is 13.6. The number of fused-ring (bicyclic) bond motifs is 1. The maximum Gasteiger partial charge on any atom is 0.262 e. The molecule has 22 heavy (non-hydrogen) atoms. The number of aryl methyl sites for hydroxylation is 1. The van der Waals surface area contributed by atoms with Crippen LogP contribution in [0.3, 0.4) is 0 Å². The SMILES string of the molecule is Cc1nc2cc(F)c(Br)cc2c(=O)n1C1CCC(=O)NC1=O. The van der Waals surface area contributed by atoms with Gasteiger partial charge >= 0.3 is 0 Å². The predicted molar refractivity (Wildman–Crippen MR) is 79.8 cm³/mol. The van der Waals surface area contributed by atoms with Crippen LogP contribution in [-0.2, 0) is 9.59 Å². The summed E-state index contributed by atoms with van der Waals surface area (Å²) in [5, 5.41) is 2.43. The number of aromatic nitrogens is 2. The lowest BCUT2D eigenvalue weighted by Crippen LogP contribution is -2.45. The molecular weight excluding hydrogens is 357 g/mol. The number of amides is 2. The number of imide groups is 1. The van der Waals surface area contributed by atoms with Gasteiger partial charge in [-0.25, -0.2) is 9.37 Å². The first kappa shape index (κ1) is 14.8. The first-order valence-corrected chi connectivity index (χ1v) is 7.39. The van der Waals surface area contributed by atoms with Crippen LogP contribution < -0.4 is 10.9 Å². The summed E-state index contributed by atoms with van der Waals surface area (Å²) in [7, 11) is 0. The van der Waals surface area contributed by atoms with Gasteiger partial charge in [0.2, 0.25) is 11.8 Å². The van der Waals surface area contributed by atoms with Crippen molar-refractivity contribution in [1.29, 1.82) is 0 Å². The predicted octanol–water partition coefficient (Wildman–Crippen LogP) is 1.58. The fraction of sp³-hybridized carbons (Fsp3) is 0.286. The van der Waals surface area contributed by atoms with Gasteiger partial charge in [-0.15, -0.1) is 0 Å². The van der Waals surface area contributed by atoms with Crippen molar-refractivity contribution >= 4 is 38.6 Å². The molecule has 114 valence electrons. The minimum Gasteiger partial charge on any atom is -0.295 e. The van der Waals surface area contributed by atoms with Crippen molar-refractivity contribution in [2.24, 2.45) is 0 Å². The van der Waals surface area contributed by atoms with E-state index >= 15 is 0 Å². The molecule has 1 atom stereocenters. The highest BCUT2D eigenvalue weighted by Crippen LogP contribution is 2.23. The Morgan fingerprint density at radius 3 is 2.77 bits per heavy atom. The average Bonchev–Trinajstić information content (AvgIpc) is 2.43. The van der Waals surface area contributed by atoms with E-state index in [0.29, 0.717) is 5.82 Å². The molecular formula is C14H11BrFN3O3. The second-order valence-corrected chi connectivity index (χ2v) is 5.94. The molecule has 1 aliphatic rings. The Labute approximate surface area is 132 Å². The molecule has 3 rings (SSSR count). The number of piperidine rings is 1. The Morgan fingerprint density at radius 2 is 2.09 bits per heavy atom. The van der Waals surface area contributed by atoms with Gasteiger partial charge in [0.05, 0.1) is 15.4 Å². The molecule has 2 aromatic rings. The van der Waals surface area contributed by atoms with Crippen molar-refractivity contribution < 1.29 is 14.0 Å². The quantitative estimate of drug-likeness (QED) is 0.776. The third-order valence-electron chi connectivity index (χ3n) is 3.64. The van der Waals surface area contributed by atoms with Crippen LogP contribution in [0.25, 0.3) is 10.9 Å². The molecule has 1 aromatic carbocycles. The maximum atomic E-state index is 13.6. The number of benzene rings is 1. The highest BCUT2D eigenvalue weighted by molar-refractivity contribution is 9.10. The summed E-state index contributed by atoms with van der Waals surface area (Å²) in [6.45, 7) is 1.57. The molecule has 0 bridgehead atoms. The summed E-state index contributed by atoms with van der Waals surface area (Å²) in [5.74, 6) is -1.10. The average molecular weight is 368 g/mol. The van der Waals surface area contributed by atoms with Gasteiger partial charge in [0.1, 0.15) is 17.7 Å². The van der Waals surface area contributed by atoms with E-state index in [-0.39, 0.29) is 34.1 Å². The Bertz CT molecular complexity index is 878. The Balaban J connectivity index is 2.22. The van der Waals surface area contributed by atoms with E-state index < -0.39 is 23.3 Å². The molecule has 1 aromatic heterocycles. The third-order valence-corrected chi connectivity index (χ3v) is 4.25. The van der Waals surface area contributed by atoms with E-state index in [9.17, 15) is 18.8 Å². The number of carbonyl (C=O) groups is 2. The lowest BCUT2D eigenvalue weighted by molar-refractivity contribution is -0.135. The number of nitrogens with one attached hydrogen (secondary N) is 1. The smallest absolute Gasteiger partial charge is 0.262 e.